The van der Waals surface area contributed by atoms with Crippen LogP contribution in [0.3, 0.4) is 0 Å². The molecule has 2 aromatic carbocycles. The second-order valence-corrected chi connectivity index (χ2v) is 8.79. The quantitative estimate of drug-likeness (QED) is 0.504. The van der Waals surface area contributed by atoms with E-state index >= 15 is 0 Å². The Hall–Kier alpha value is -2.61. The first-order valence-corrected chi connectivity index (χ1v) is 11.4. The van der Waals surface area contributed by atoms with E-state index in [1.807, 2.05) is 41.1 Å². The number of nitrogens with zero attached hydrogens (tertiary/aromatic N) is 2. The normalized spacial score (nSPS) is 20.6. The van der Waals surface area contributed by atoms with Crippen LogP contribution >= 0.6 is 11.8 Å². The molecule has 0 bridgehead atoms. The zero-order valence-electron chi connectivity index (χ0n) is 17.6. The third-order valence-corrected chi connectivity index (χ3v) is 6.29. The van der Waals surface area contributed by atoms with Crippen molar-refractivity contribution >= 4 is 23.4 Å². The van der Waals surface area contributed by atoms with E-state index in [9.17, 15) is 4.79 Å². The first kappa shape index (κ1) is 21.6. The topological polar surface area (TPSA) is 65.4 Å². The molecule has 0 aliphatic carbocycles. The highest BCUT2D eigenvalue weighted by Crippen LogP contribution is 2.33. The average molecular weight is 438 g/mol. The van der Waals surface area contributed by atoms with E-state index in [-0.39, 0.29) is 12.0 Å². The monoisotopic (exact) mass is 437 g/mol. The van der Waals surface area contributed by atoms with Gasteiger partial charge in [0.25, 0.3) is 0 Å². The Bertz CT molecular complexity index is 964. The molecule has 3 aromatic rings. The van der Waals surface area contributed by atoms with Crippen molar-refractivity contribution in [3.8, 4) is 0 Å². The standard InChI is InChI=1S/C24H27N3O3S/c1-19(28)26-21-7-9-23(10-8-21)31-16-22-15-29-24(30-22,17-27-14-13-25-18-27)12-11-20-5-3-2-4-6-20/h2-10,13-14,18,22H,11-12,15-17H2,1H3,(H,26,28)/t22-,24-/m0/s1. The number of amides is 1. The van der Waals surface area contributed by atoms with Gasteiger partial charge in [-0.15, -0.1) is 11.8 Å². The number of anilines is 1. The molecule has 7 heteroatoms. The van der Waals surface area contributed by atoms with Crippen molar-refractivity contribution in [3.05, 3.63) is 78.9 Å². The van der Waals surface area contributed by atoms with Gasteiger partial charge in [-0.05, 0) is 36.2 Å². The molecule has 1 aliphatic heterocycles. The van der Waals surface area contributed by atoms with Gasteiger partial charge in [0.05, 0.1) is 25.6 Å². The molecule has 0 spiro atoms. The molecular formula is C24H27N3O3S. The minimum Gasteiger partial charge on any atom is -0.345 e. The fraction of sp³-hybridized carbons (Fsp3) is 0.333. The molecular weight excluding hydrogens is 410 g/mol. The molecule has 1 amide bonds. The van der Waals surface area contributed by atoms with Gasteiger partial charge < -0.3 is 19.4 Å². The van der Waals surface area contributed by atoms with E-state index in [1.165, 1.54) is 12.5 Å². The minimum atomic E-state index is -0.656. The Kier molecular flexibility index (Phi) is 7.06. The van der Waals surface area contributed by atoms with Crippen LogP contribution in [0.4, 0.5) is 5.69 Å². The molecule has 0 unspecified atom stereocenters. The number of hydrogen-bond acceptors (Lipinski definition) is 5. The second kappa shape index (κ2) is 10.1. The smallest absolute Gasteiger partial charge is 0.221 e. The third kappa shape index (κ3) is 6.19. The molecule has 1 saturated heterocycles. The predicted molar refractivity (Wildman–Crippen MR) is 122 cm³/mol. The number of aromatic nitrogens is 2. The number of aryl methyl sites for hydroxylation is 1. The Labute approximate surface area is 187 Å². The van der Waals surface area contributed by atoms with Crippen molar-refractivity contribution in [1.82, 2.24) is 9.55 Å². The Morgan fingerprint density at radius 1 is 1.23 bits per heavy atom. The summed E-state index contributed by atoms with van der Waals surface area (Å²) in [6.07, 6.45) is 7.20. The Morgan fingerprint density at radius 3 is 2.74 bits per heavy atom. The number of benzene rings is 2. The minimum absolute atomic E-state index is 0.0133. The van der Waals surface area contributed by atoms with Gasteiger partial charge in [0.1, 0.15) is 0 Å². The van der Waals surface area contributed by atoms with Gasteiger partial charge >= 0.3 is 0 Å². The number of carbonyl (C=O) groups excluding carboxylic acids is 1. The summed E-state index contributed by atoms with van der Waals surface area (Å²) in [5, 5.41) is 2.79. The molecule has 162 valence electrons. The van der Waals surface area contributed by atoms with Gasteiger partial charge in [-0.1, -0.05) is 30.3 Å². The number of nitrogens with one attached hydrogen (secondary N) is 1. The van der Waals surface area contributed by atoms with E-state index in [4.69, 9.17) is 9.47 Å². The molecule has 0 radical (unpaired) electrons. The van der Waals surface area contributed by atoms with Crippen LogP contribution in [-0.2, 0) is 27.2 Å². The molecule has 0 saturated carbocycles. The summed E-state index contributed by atoms with van der Waals surface area (Å²) in [7, 11) is 0. The van der Waals surface area contributed by atoms with Gasteiger partial charge in [0.15, 0.2) is 5.79 Å². The van der Waals surface area contributed by atoms with Gasteiger partial charge in [0, 0.05) is 42.1 Å². The van der Waals surface area contributed by atoms with Crippen molar-refractivity contribution in [2.75, 3.05) is 17.7 Å². The maximum absolute atomic E-state index is 11.2. The van der Waals surface area contributed by atoms with Gasteiger partial charge in [-0.3, -0.25) is 4.79 Å². The fourth-order valence-electron chi connectivity index (χ4n) is 3.66. The highest BCUT2D eigenvalue weighted by atomic mass is 32.2. The lowest BCUT2D eigenvalue weighted by Crippen LogP contribution is -2.37. The van der Waals surface area contributed by atoms with Crippen molar-refractivity contribution in [2.24, 2.45) is 0 Å². The highest BCUT2D eigenvalue weighted by molar-refractivity contribution is 7.99. The van der Waals surface area contributed by atoms with Crippen LogP contribution in [0.1, 0.15) is 18.9 Å². The highest BCUT2D eigenvalue weighted by Gasteiger charge is 2.41. The molecule has 2 atom stereocenters. The first-order valence-electron chi connectivity index (χ1n) is 10.4. The molecule has 1 aliphatic rings. The lowest BCUT2D eigenvalue weighted by molar-refractivity contribution is -0.180. The van der Waals surface area contributed by atoms with Crippen LogP contribution in [0, 0.1) is 0 Å². The Morgan fingerprint density at radius 2 is 2.03 bits per heavy atom. The summed E-state index contributed by atoms with van der Waals surface area (Å²) in [4.78, 5) is 16.5. The summed E-state index contributed by atoms with van der Waals surface area (Å²) in [6.45, 7) is 2.70. The van der Waals surface area contributed by atoms with Crippen LogP contribution < -0.4 is 5.32 Å². The number of hydrogen-bond donors (Lipinski definition) is 1. The van der Waals surface area contributed by atoms with Crippen molar-refractivity contribution in [2.45, 2.75) is 43.1 Å². The van der Waals surface area contributed by atoms with Crippen LogP contribution in [0.5, 0.6) is 0 Å². The van der Waals surface area contributed by atoms with Crippen molar-refractivity contribution in [3.63, 3.8) is 0 Å². The number of imidazole rings is 1. The zero-order chi connectivity index (χ0) is 21.5. The largest absolute Gasteiger partial charge is 0.345 e. The molecule has 31 heavy (non-hydrogen) atoms. The summed E-state index contributed by atoms with van der Waals surface area (Å²) >= 11 is 1.73. The van der Waals surface area contributed by atoms with Gasteiger partial charge in [-0.25, -0.2) is 4.98 Å². The van der Waals surface area contributed by atoms with Crippen molar-refractivity contribution < 1.29 is 14.3 Å². The van der Waals surface area contributed by atoms with Crippen LogP contribution in [0.15, 0.2) is 78.2 Å². The maximum Gasteiger partial charge on any atom is 0.221 e. The van der Waals surface area contributed by atoms with Crippen LogP contribution in [0.2, 0.25) is 0 Å². The van der Waals surface area contributed by atoms with E-state index < -0.39 is 5.79 Å². The van der Waals surface area contributed by atoms with Crippen LogP contribution in [-0.4, -0.2) is 39.7 Å². The maximum atomic E-state index is 11.2. The first-order chi connectivity index (χ1) is 15.1. The molecule has 1 fully saturated rings. The van der Waals surface area contributed by atoms with E-state index in [0.29, 0.717) is 13.2 Å². The molecule has 4 rings (SSSR count). The number of rotatable bonds is 9. The van der Waals surface area contributed by atoms with Crippen LogP contribution in [0.25, 0.3) is 0 Å². The lowest BCUT2D eigenvalue weighted by atomic mass is 10.0. The summed E-state index contributed by atoms with van der Waals surface area (Å²) in [6, 6.07) is 18.3. The lowest BCUT2D eigenvalue weighted by Gasteiger charge is -2.28. The van der Waals surface area contributed by atoms with Gasteiger partial charge in [-0.2, -0.15) is 0 Å². The fourth-order valence-corrected chi connectivity index (χ4v) is 4.53. The Balaban J connectivity index is 1.36. The third-order valence-electron chi connectivity index (χ3n) is 5.14. The van der Waals surface area contributed by atoms with E-state index in [2.05, 4.69) is 34.6 Å². The number of thioether (sulfide) groups is 1. The van der Waals surface area contributed by atoms with Gasteiger partial charge in [0.2, 0.25) is 5.91 Å². The molecule has 1 N–H and O–H groups in total. The SMILES string of the molecule is CC(=O)Nc1ccc(SC[C@@H]2CO[C@](CCc3ccccc3)(Cn3ccnc3)O2)cc1. The van der Waals surface area contributed by atoms with E-state index in [0.717, 1.165) is 29.2 Å². The zero-order valence-corrected chi connectivity index (χ0v) is 18.4. The molecule has 2 heterocycles. The average Bonchev–Trinajstić information content (AvgIpc) is 3.43. The van der Waals surface area contributed by atoms with E-state index in [1.54, 1.807) is 24.3 Å². The molecule has 6 nitrogen and oxygen atoms in total. The summed E-state index contributed by atoms with van der Waals surface area (Å²) < 4.78 is 14.8. The van der Waals surface area contributed by atoms with Crippen molar-refractivity contribution in [1.29, 1.82) is 0 Å². The second-order valence-electron chi connectivity index (χ2n) is 7.70. The summed E-state index contributed by atoms with van der Waals surface area (Å²) in [5.41, 5.74) is 2.08. The predicted octanol–water partition coefficient (Wildman–Crippen LogP) is 4.38. The molecule has 1 aromatic heterocycles. The number of carbonyl (C=O) groups is 1. The summed E-state index contributed by atoms with van der Waals surface area (Å²) in [5.74, 6) is 0.0784. The number of ether oxygens (including phenoxy) is 2.